The summed E-state index contributed by atoms with van der Waals surface area (Å²) in [7, 11) is 0. The molecule has 1 aliphatic carbocycles. The molecule has 0 unspecified atom stereocenters. The first-order chi connectivity index (χ1) is 12.2. The van der Waals surface area contributed by atoms with E-state index in [0.29, 0.717) is 24.0 Å². The fraction of sp³-hybridized carbons (Fsp3) is 0.474. The second-order valence-corrected chi connectivity index (χ2v) is 6.36. The number of amides is 1. The highest BCUT2D eigenvalue weighted by Crippen LogP contribution is 2.32. The summed E-state index contributed by atoms with van der Waals surface area (Å²) in [6.45, 7) is 0.626. The number of benzene rings is 1. The third kappa shape index (κ3) is 5.24. The van der Waals surface area contributed by atoms with Gasteiger partial charge < -0.3 is 19.5 Å². The lowest BCUT2D eigenvalue weighted by Gasteiger charge is -2.21. The Labute approximate surface area is 147 Å². The van der Waals surface area contributed by atoms with E-state index in [2.05, 4.69) is 5.32 Å². The van der Waals surface area contributed by atoms with Crippen LogP contribution in [0.5, 0.6) is 11.5 Å². The van der Waals surface area contributed by atoms with Crippen LogP contribution in [-0.2, 0) is 14.3 Å². The summed E-state index contributed by atoms with van der Waals surface area (Å²) in [4.78, 5) is 23.5. The number of nitrogens with one attached hydrogen (secondary N) is 1. The van der Waals surface area contributed by atoms with E-state index in [1.54, 1.807) is 18.2 Å². The van der Waals surface area contributed by atoms with Gasteiger partial charge in [0.1, 0.15) is 0 Å². The molecule has 1 saturated carbocycles. The van der Waals surface area contributed by atoms with E-state index in [-0.39, 0.29) is 19.3 Å². The molecule has 1 N–H and O–H groups in total. The Bertz CT molecular complexity index is 649. The Kier molecular flexibility index (Phi) is 5.93. The smallest absolute Gasteiger partial charge is 0.331 e. The van der Waals surface area contributed by atoms with Crippen molar-refractivity contribution in [3.05, 3.63) is 29.8 Å². The Morgan fingerprint density at radius 3 is 2.80 bits per heavy atom. The van der Waals surface area contributed by atoms with E-state index in [9.17, 15) is 9.59 Å². The molecule has 25 heavy (non-hydrogen) atoms. The van der Waals surface area contributed by atoms with Gasteiger partial charge in [-0.05, 0) is 42.5 Å². The van der Waals surface area contributed by atoms with E-state index in [1.165, 1.54) is 38.2 Å². The first-order valence-electron chi connectivity index (χ1n) is 8.72. The summed E-state index contributed by atoms with van der Waals surface area (Å²) in [6, 6.07) is 5.38. The van der Waals surface area contributed by atoms with Crippen LogP contribution < -0.4 is 14.8 Å². The number of fused-ring (bicyclic) bond motifs is 1. The van der Waals surface area contributed by atoms with Crippen LogP contribution in [0.4, 0.5) is 0 Å². The monoisotopic (exact) mass is 345 g/mol. The molecule has 1 fully saturated rings. The van der Waals surface area contributed by atoms with Gasteiger partial charge in [0.05, 0.1) is 0 Å². The quantitative estimate of drug-likeness (QED) is 0.634. The highest BCUT2D eigenvalue weighted by molar-refractivity contribution is 5.89. The molecule has 6 nitrogen and oxygen atoms in total. The van der Waals surface area contributed by atoms with Crippen molar-refractivity contribution in [3.63, 3.8) is 0 Å². The molecular formula is C19H23NO5. The summed E-state index contributed by atoms with van der Waals surface area (Å²) >= 11 is 0. The fourth-order valence-corrected chi connectivity index (χ4v) is 3.07. The van der Waals surface area contributed by atoms with Crippen molar-refractivity contribution in [2.24, 2.45) is 5.92 Å². The number of hydrogen-bond donors (Lipinski definition) is 1. The molecule has 1 heterocycles. The highest BCUT2D eigenvalue weighted by atomic mass is 16.7. The topological polar surface area (TPSA) is 73.9 Å². The molecule has 0 bridgehead atoms. The van der Waals surface area contributed by atoms with Crippen molar-refractivity contribution in [1.82, 2.24) is 5.32 Å². The van der Waals surface area contributed by atoms with Crippen LogP contribution in [0.25, 0.3) is 6.08 Å². The minimum Gasteiger partial charge on any atom is -0.454 e. The van der Waals surface area contributed by atoms with Crippen LogP contribution in [0.3, 0.4) is 0 Å². The maximum Gasteiger partial charge on any atom is 0.331 e. The summed E-state index contributed by atoms with van der Waals surface area (Å²) in [5.74, 6) is 1.09. The Morgan fingerprint density at radius 1 is 1.16 bits per heavy atom. The van der Waals surface area contributed by atoms with Gasteiger partial charge in [0.15, 0.2) is 18.1 Å². The highest BCUT2D eigenvalue weighted by Gasteiger charge is 2.15. The lowest BCUT2D eigenvalue weighted by atomic mass is 9.89. The first-order valence-corrected chi connectivity index (χ1v) is 8.72. The van der Waals surface area contributed by atoms with Crippen LogP contribution in [0, 0.1) is 5.92 Å². The van der Waals surface area contributed by atoms with E-state index in [0.717, 1.165) is 5.56 Å². The number of carbonyl (C=O) groups excluding carboxylic acids is 2. The molecule has 2 aliphatic rings. The fourth-order valence-electron chi connectivity index (χ4n) is 3.07. The van der Waals surface area contributed by atoms with Crippen LogP contribution in [0.15, 0.2) is 24.3 Å². The third-order valence-electron chi connectivity index (χ3n) is 4.47. The molecule has 0 spiro atoms. The summed E-state index contributed by atoms with van der Waals surface area (Å²) in [6.07, 6.45) is 9.00. The predicted molar refractivity (Wildman–Crippen MR) is 92.1 cm³/mol. The maximum atomic E-state index is 11.7. The molecule has 134 valence electrons. The number of rotatable bonds is 6. The van der Waals surface area contributed by atoms with Gasteiger partial charge in [-0.25, -0.2) is 4.79 Å². The van der Waals surface area contributed by atoms with Crippen molar-refractivity contribution in [2.45, 2.75) is 32.1 Å². The molecule has 1 aromatic carbocycles. The molecule has 0 atom stereocenters. The van der Waals surface area contributed by atoms with Crippen molar-refractivity contribution < 1.29 is 23.8 Å². The molecular weight excluding hydrogens is 322 g/mol. The third-order valence-corrected chi connectivity index (χ3v) is 4.47. The molecule has 1 amide bonds. The van der Waals surface area contributed by atoms with Crippen LogP contribution in [0.1, 0.15) is 37.7 Å². The Hall–Kier alpha value is -2.50. The van der Waals surface area contributed by atoms with Gasteiger partial charge in [-0.15, -0.1) is 0 Å². The second-order valence-electron chi connectivity index (χ2n) is 6.36. The number of esters is 1. The summed E-state index contributed by atoms with van der Waals surface area (Å²) < 4.78 is 15.5. The minimum atomic E-state index is -0.550. The first kappa shape index (κ1) is 17.3. The lowest BCUT2D eigenvalue weighted by molar-refractivity contribution is -0.143. The zero-order valence-electron chi connectivity index (χ0n) is 14.2. The number of ether oxygens (including phenoxy) is 3. The van der Waals surface area contributed by atoms with Gasteiger partial charge in [0, 0.05) is 12.6 Å². The summed E-state index contributed by atoms with van der Waals surface area (Å²) in [5.41, 5.74) is 0.794. The van der Waals surface area contributed by atoms with E-state index in [1.807, 2.05) is 6.07 Å². The molecule has 0 aromatic heterocycles. The Morgan fingerprint density at radius 2 is 1.96 bits per heavy atom. The summed E-state index contributed by atoms with van der Waals surface area (Å²) in [5, 5.41) is 2.84. The van der Waals surface area contributed by atoms with Gasteiger partial charge in [0.25, 0.3) is 5.91 Å². The largest absolute Gasteiger partial charge is 0.454 e. The number of carbonyl (C=O) groups is 2. The minimum absolute atomic E-state index is 0.209. The SMILES string of the molecule is O=C(COC(=O)/C=C/c1ccc2c(c1)OCO2)NCC1CCCCC1. The van der Waals surface area contributed by atoms with Crippen LogP contribution in [-0.4, -0.2) is 31.8 Å². The van der Waals surface area contributed by atoms with Crippen molar-refractivity contribution in [2.75, 3.05) is 19.9 Å². The van der Waals surface area contributed by atoms with E-state index < -0.39 is 5.97 Å². The van der Waals surface area contributed by atoms with Crippen molar-refractivity contribution in [3.8, 4) is 11.5 Å². The molecule has 0 radical (unpaired) electrons. The normalized spacial score (nSPS) is 16.8. The molecule has 3 rings (SSSR count). The molecule has 1 aromatic rings. The molecule has 1 aliphatic heterocycles. The lowest BCUT2D eigenvalue weighted by Crippen LogP contribution is -2.33. The number of hydrogen-bond acceptors (Lipinski definition) is 5. The zero-order chi connectivity index (χ0) is 17.5. The van der Waals surface area contributed by atoms with Crippen molar-refractivity contribution in [1.29, 1.82) is 0 Å². The second kappa shape index (κ2) is 8.55. The van der Waals surface area contributed by atoms with Gasteiger partial charge >= 0.3 is 5.97 Å². The van der Waals surface area contributed by atoms with E-state index in [4.69, 9.17) is 14.2 Å². The average molecular weight is 345 g/mol. The van der Waals surface area contributed by atoms with E-state index >= 15 is 0 Å². The van der Waals surface area contributed by atoms with Gasteiger partial charge in [0.2, 0.25) is 6.79 Å². The average Bonchev–Trinajstić information content (AvgIpc) is 3.11. The maximum absolute atomic E-state index is 11.7. The van der Waals surface area contributed by atoms with Gasteiger partial charge in [-0.2, -0.15) is 0 Å². The Balaban J connectivity index is 1.37. The van der Waals surface area contributed by atoms with Crippen LogP contribution >= 0.6 is 0 Å². The standard InChI is InChI=1S/C19H23NO5/c21-18(20-11-15-4-2-1-3-5-15)12-23-19(22)9-7-14-6-8-16-17(10-14)25-13-24-16/h6-10,15H,1-5,11-13H2,(H,20,21)/b9-7+. The predicted octanol–water partition coefficient (Wildman–Crippen LogP) is 2.67. The van der Waals surface area contributed by atoms with Gasteiger partial charge in [-0.1, -0.05) is 25.3 Å². The molecule has 0 saturated heterocycles. The molecule has 6 heteroatoms. The van der Waals surface area contributed by atoms with Crippen molar-refractivity contribution >= 4 is 18.0 Å². The van der Waals surface area contributed by atoms with Crippen LogP contribution in [0.2, 0.25) is 0 Å². The zero-order valence-corrected chi connectivity index (χ0v) is 14.2. The van der Waals surface area contributed by atoms with Gasteiger partial charge in [-0.3, -0.25) is 4.79 Å².